The summed E-state index contributed by atoms with van der Waals surface area (Å²) in [4.78, 5) is 6.57. The van der Waals surface area contributed by atoms with E-state index in [9.17, 15) is 0 Å². The molecular formula is C16H19BrN2O. The molecule has 20 heavy (non-hydrogen) atoms. The molecule has 1 heterocycles. The van der Waals surface area contributed by atoms with Crippen LogP contribution in [-0.2, 0) is 0 Å². The van der Waals surface area contributed by atoms with Crippen molar-refractivity contribution in [1.82, 2.24) is 4.98 Å². The van der Waals surface area contributed by atoms with E-state index in [1.165, 1.54) is 11.1 Å². The van der Waals surface area contributed by atoms with Gasteiger partial charge in [0.15, 0.2) is 0 Å². The standard InChI is InChI=1S/C16H19BrN2O/c1-10-7-14(15(20-5)8-11(10)2)19(4)16-12(3)6-13(17)9-18-16/h6-9H,1-5H3. The molecule has 0 aliphatic heterocycles. The molecule has 0 N–H and O–H groups in total. The third-order valence-corrected chi connectivity index (χ3v) is 3.93. The summed E-state index contributed by atoms with van der Waals surface area (Å²) in [6.45, 7) is 6.25. The molecule has 0 bridgehead atoms. The normalized spacial score (nSPS) is 10.5. The fraction of sp³-hybridized carbons (Fsp3) is 0.312. The number of benzene rings is 1. The fourth-order valence-corrected chi connectivity index (χ4v) is 2.64. The van der Waals surface area contributed by atoms with Crippen LogP contribution in [0, 0.1) is 20.8 Å². The molecule has 0 spiro atoms. The first-order chi connectivity index (χ1) is 9.43. The van der Waals surface area contributed by atoms with Crippen LogP contribution in [0.2, 0.25) is 0 Å². The molecule has 0 saturated heterocycles. The van der Waals surface area contributed by atoms with Crippen LogP contribution in [0.5, 0.6) is 5.75 Å². The minimum atomic E-state index is 0.861. The highest BCUT2D eigenvalue weighted by atomic mass is 79.9. The van der Waals surface area contributed by atoms with Gasteiger partial charge in [-0.1, -0.05) is 0 Å². The highest BCUT2D eigenvalue weighted by Gasteiger charge is 2.14. The number of anilines is 2. The zero-order valence-corrected chi connectivity index (χ0v) is 14.1. The van der Waals surface area contributed by atoms with Gasteiger partial charge in [0.05, 0.1) is 12.8 Å². The molecule has 0 fully saturated rings. The molecule has 0 saturated carbocycles. The quantitative estimate of drug-likeness (QED) is 0.823. The van der Waals surface area contributed by atoms with E-state index >= 15 is 0 Å². The van der Waals surface area contributed by atoms with Gasteiger partial charge in [-0.3, -0.25) is 0 Å². The Bertz CT molecular complexity index is 641. The fourth-order valence-electron chi connectivity index (χ4n) is 2.20. The third kappa shape index (κ3) is 2.80. The van der Waals surface area contributed by atoms with Crippen LogP contribution >= 0.6 is 15.9 Å². The second kappa shape index (κ2) is 5.83. The van der Waals surface area contributed by atoms with Crippen LogP contribution in [0.15, 0.2) is 28.9 Å². The number of pyridine rings is 1. The Kier molecular flexibility index (Phi) is 4.33. The predicted octanol–water partition coefficient (Wildman–Crippen LogP) is 4.55. The van der Waals surface area contributed by atoms with Crippen molar-refractivity contribution in [2.45, 2.75) is 20.8 Å². The maximum absolute atomic E-state index is 5.51. The number of hydrogen-bond donors (Lipinski definition) is 0. The lowest BCUT2D eigenvalue weighted by molar-refractivity contribution is 0.415. The summed E-state index contributed by atoms with van der Waals surface area (Å²) < 4.78 is 6.49. The van der Waals surface area contributed by atoms with E-state index in [0.29, 0.717) is 0 Å². The van der Waals surface area contributed by atoms with Crippen molar-refractivity contribution >= 4 is 27.4 Å². The van der Waals surface area contributed by atoms with Gasteiger partial charge in [-0.05, 0) is 71.6 Å². The average molecular weight is 335 g/mol. The Hall–Kier alpha value is -1.55. The number of aromatic nitrogens is 1. The molecule has 1 aromatic carbocycles. The van der Waals surface area contributed by atoms with Crippen LogP contribution in [-0.4, -0.2) is 19.1 Å². The number of hydrogen-bond acceptors (Lipinski definition) is 3. The monoisotopic (exact) mass is 334 g/mol. The van der Waals surface area contributed by atoms with E-state index in [-0.39, 0.29) is 0 Å². The summed E-state index contributed by atoms with van der Waals surface area (Å²) in [5, 5.41) is 0. The molecule has 0 radical (unpaired) electrons. The number of nitrogens with zero attached hydrogens (tertiary/aromatic N) is 2. The van der Waals surface area contributed by atoms with E-state index in [2.05, 4.69) is 64.8 Å². The van der Waals surface area contributed by atoms with Gasteiger partial charge < -0.3 is 9.64 Å². The van der Waals surface area contributed by atoms with E-state index in [1.54, 1.807) is 7.11 Å². The first kappa shape index (κ1) is 14.9. The van der Waals surface area contributed by atoms with Crippen LogP contribution in [0.1, 0.15) is 16.7 Å². The van der Waals surface area contributed by atoms with Crippen LogP contribution in [0.3, 0.4) is 0 Å². The molecule has 106 valence electrons. The van der Waals surface area contributed by atoms with Crippen molar-refractivity contribution in [3.05, 3.63) is 45.6 Å². The van der Waals surface area contributed by atoms with Crippen molar-refractivity contribution in [2.24, 2.45) is 0 Å². The average Bonchev–Trinajstić information content (AvgIpc) is 2.40. The zero-order chi connectivity index (χ0) is 14.9. The van der Waals surface area contributed by atoms with Gasteiger partial charge in [-0.15, -0.1) is 0 Å². The van der Waals surface area contributed by atoms with E-state index < -0.39 is 0 Å². The van der Waals surface area contributed by atoms with E-state index in [4.69, 9.17) is 4.74 Å². The molecule has 0 amide bonds. The molecule has 2 aromatic rings. The minimum absolute atomic E-state index is 0.861. The molecule has 0 aliphatic carbocycles. The first-order valence-corrected chi connectivity index (χ1v) is 7.24. The number of halogens is 1. The lowest BCUT2D eigenvalue weighted by Crippen LogP contribution is -2.14. The highest BCUT2D eigenvalue weighted by molar-refractivity contribution is 9.10. The van der Waals surface area contributed by atoms with Gasteiger partial charge in [0.2, 0.25) is 0 Å². The summed E-state index contributed by atoms with van der Waals surface area (Å²) in [5.74, 6) is 1.79. The number of rotatable bonds is 3. The van der Waals surface area contributed by atoms with E-state index in [1.807, 2.05) is 13.2 Å². The van der Waals surface area contributed by atoms with E-state index in [0.717, 1.165) is 27.3 Å². The second-order valence-corrected chi connectivity index (χ2v) is 5.88. The van der Waals surface area contributed by atoms with Crippen molar-refractivity contribution in [3.8, 4) is 5.75 Å². The Balaban J connectivity index is 2.52. The smallest absolute Gasteiger partial charge is 0.142 e. The maximum atomic E-state index is 5.51. The van der Waals surface area contributed by atoms with Crippen molar-refractivity contribution in [1.29, 1.82) is 0 Å². The second-order valence-electron chi connectivity index (χ2n) is 4.96. The van der Waals surface area contributed by atoms with Crippen LogP contribution in [0.25, 0.3) is 0 Å². The zero-order valence-electron chi connectivity index (χ0n) is 12.5. The third-order valence-electron chi connectivity index (χ3n) is 3.49. The summed E-state index contributed by atoms with van der Waals surface area (Å²) in [5.41, 5.74) is 4.59. The minimum Gasteiger partial charge on any atom is -0.495 e. The first-order valence-electron chi connectivity index (χ1n) is 6.45. The lowest BCUT2D eigenvalue weighted by Gasteiger charge is -2.23. The Morgan fingerprint density at radius 1 is 1.05 bits per heavy atom. The maximum Gasteiger partial charge on any atom is 0.142 e. The van der Waals surface area contributed by atoms with Crippen molar-refractivity contribution in [2.75, 3.05) is 19.1 Å². The van der Waals surface area contributed by atoms with Crippen LogP contribution in [0.4, 0.5) is 11.5 Å². The summed E-state index contributed by atoms with van der Waals surface area (Å²) in [6.07, 6.45) is 1.81. The predicted molar refractivity (Wildman–Crippen MR) is 87.2 cm³/mol. The number of methoxy groups -OCH3 is 1. The molecule has 2 rings (SSSR count). The molecule has 0 atom stereocenters. The van der Waals surface area contributed by atoms with Gasteiger partial charge in [-0.2, -0.15) is 0 Å². The Labute approximate surface area is 128 Å². The van der Waals surface area contributed by atoms with Gasteiger partial charge in [0.25, 0.3) is 0 Å². The van der Waals surface area contributed by atoms with Gasteiger partial charge in [0, 0.05) is 17.7 Å². The molecular weight excluding hydrogens is 316 g/mol. The molecule has 3 nitrogen and oxygen atoms in total. The summed E-state index contributed by atoms with van der Waals surface area (Å²) >= 11 is 3.45. The largest absolute Gasteiger partial charge is 0.495 e. The summed E-state index contributed by atoms with van der Waals surface area (Å²) in [6, 6.07) is 6.26. The number of aryl methyl sites for hydroxylation is 3. The Morgan fingerprint density at radius 2 is 1.70 bits per heavy atom. The van der Waals surface area contributed by atoms with Gasteiger partial charge in [0.1, 0.15) is 11.6 Å². The molecule has 4 heteroatoms. The molecule has 0 unspecified atom stereocenters. The number of ether oxygens (including phenoxy) is 1. The summed E-state index contributed by atoms with van der Waals surface area (Å²) in [7, 11) is 3.71. The van der Waals surface area contributed by atoms with Crippen molar-refractivity contribution in [3.63, 3.8) is 0 Å². The molecule has 0 aliphatic rings. The van der Waals surface area contributed by atoms with Crippen LogP contribution < -0.4 is 9.64 Å². The van der Waals surface area contributed by atoms with Gasteiger partial charge >= 0.3 is 0 Å². The SMILES string of the molecule is COc1cc(C)c(C)cc1N(C)c1ncc(Br)cc1C. The lowest BCUT2D eigenvalue weighted by atomic mass is 10.1. The van der Waals surface area contributed by atoms with Crippen molar-refractivity contribution < 1.29 is 4.74 Å². The Morgan fingerprint density at radius 3 is 2.30 bits per heavy atom. The highest BCUT2D eigenvalue weighted by Crippen LogP contribution is 2.35. The topological polar surface area (TPSA) is 25.4 Å². The molecule has 1 aromatic heterocycles. The van der Waals surface area contributed by atoms with Gasteiger partial charge in [-0.25, -0.2) is 4.98 Å².